The van der Waals surface area contributed by atoms with Crippen molar-refractivity contribution < 1.29 is 87.8 Å². The summed E-state index contributed by atoms with van der Waals surface area (Å²) < 4.78 is 27.0. The average molecular weight is 1460 g/mol. The molecule has 31 unspecified atom stereocenters. The standard InChI is InChI=1S/C17H24O2.C13H20O.C12H18O.C11H16O2.C8H14O.C7H12O.4C4H6O2.2CH4O/c1-3-15(18)19-8-12-5-11-7-14(12)17-13-6-10(16(11)17)4-9(13)2;14-6-10-4-9-5-11(10)13-8-2-1-7(3-8)12(9)13;13-10-5-8-4-9(10)12-7-2-1-6(3-7)11(8)12;1-2-11(12)13-7-10-6-8-3-4-9(10)5-8;9-5-8-4-6-1-2-7(8)3-6;8-7-4-5-1-2-6(7)3-5;4*1-3-4(5)6-2;2*1-2/h3,9-14,16-17H,1,4-8H2,2H3;7-14H,1-6H2;6-13H,1-5H2;2,8-10H,1,3-7H2;6-9H,1-5H2;5-8H,1-4H2;4*3H,1H2,2H3;2*2H,1H3. The Hall–Kier alpha value is -4.98. The first-order chi connectivity index (χ1) is 50.2. The zero-order valence-electron chi connectivity index (χ0n) is 64.4. The molecular weight excluding hydrogens is 1320 g/mol. The van der Waals surface area contributed by atoms with E-state index in [0.29, 0.717) is 56.0 Å². The Morgan fingerprint density at radius 3 is 1.00 bits per heavy atom. The minimum absolute atomic E-state index is 0.0775. The molecule has 18 bridgehead atoms. The van der Waals surface area contributed by atoms with Crippen molar-refractivity contribution >= 4 is 35.8 Å². The molecular formula is C86H136O18. The van der Waals surface area contributed by atoms with E-state index in [0.717, 1.165) is 193 Å². The van der Waals surface area contributed by atoms with Gasteiger partial charge < -0.3 is 59.1 Å². The van der Waals surface area contributed by atoms with Gasteiger partial charge in [-0.25, -0.2) is 28.8 Å². The highest BCUT2D eigenvalue weighted by Gasteiger charge is 2.65. The predicted molar refractivity (Wildman–Crippen MR) is 401 cm³/mol. The van der Waals surface area contributed by atoms with Crippen LogP contribution in [0.5, 0.6) is 0 Å². The molecule has 0 radical (unpaired) electrons. The van der Waals surface area contributed by atoms with Crippen LogP contribution in [0.1, 0.15) is 174 Å². The van der Waals surface area contributed by atoms with Gasteiger partial charge in [0.25, 0.3) is 0 Å². The third kappa shape index (κ3) is 21.1. The maximum atomic E-state index is 11.2. The van der Waals surface area contributed by atoms with Gasteiger partial charge >= 0.3 is 35.8 Å². The van der Waals surface area contributed by atoms with Crippen molar-refractivity contribution in [3.05, 3.63) is 75.9 Å². The summed E-state index contributed by atoms with van der Waals surface area (Å²) in [5.41, 5.74) is 0. The third-order valence-electron chi connectivity index (χ3n) is 29.5. The molecule has 18 saturated carbocycles. The Balaban J connectivity index is 0.000000165. The number of hydrogen-bond donors (Lipinski definition) is 6. The molecule has 0 amide bonds. The number of aliphatic hydroxyl groups excluding tert-OH is 6. The van der Waals surface area contributed by atoms with Gasteiger partial charge in [-0.2, -0.15) is 0 Å². The number of aliphatic hydroxyl groups is 6. The fraction of sp³-hybridized carbons (Fsp3) is 0.791. The molecule has 588 valence electrons. The van der Waals surface area contributed by atoms with Crippen molar-refractivity contribution in [1.29, 1.82) is 0 Å². The number of hydrogen-bond acceptors (Lipinski definition) is 18. The molecule has 18 heteroatoms. The molecule has 0 spiro atoms. The maximum absolute atomic E-state index is 11.2. The van der Waals surface area contributed by atoms with Crippen LogP contribution >= 0.6 is 0 Å². The van der Waals surface area contributed by atoms with Crippen molar-refractivity contribution in [2.45, 2.75) is 186 Å². The van der Waals surface area contributed by atoms with Crippen LogP contribution in [0, 0.1) is 172 Å². The zero-order chi connectivity index (χ0) is 76.1. The smallest absolute Gasteiger partial charge is 0.330 e. The van der Waals surface area contributed by atoms with Crippen LogP contribution < -0.4 is 0 Å². The lowest BCUT2D eigenvalue weighted by Crippen LogP contribution is -2.36. The number of carbonyl (C=O) groups excluding carboxylic acids is 6. The Bertz CT molecular complexity index is 2700. The van der Waals surface area contributed by atoms with Crippen LogP contribution in [0.2, 0.25) is 0 Å². The number of rotatable bonds is 12. The van der Waals surface area contributed by atoms with Gasteiger partial charge in [0.1, 0.15) is 0 Å². The van der Waals surface area contributed by atoms with E-state index in [1.54, 1.807) is 12.8 Å². The van der Waals surface area contributed by atoms with Gasteiger partial charge in [0.05, 0.1) is 53.9 Å². The molecule has 0 heterocycles. The van der Waals surface area contributed by atoms with Gasteiger partial charge in [-0.05, 0) is 326 Å². The zero-order valence-corrected chi connectivity index (χ0v) is 64.4. The van der Waals surface area contributed by atoms with Gasteiger partial charge in [0.15, 0.2) is 0 Å². The average Bonchev–Trinajstić information content (AvgIpc) is 1.57. The minimum atomic E-state index is -0.394. The van der Waals surface area contributed by atoms with Crippen molar-refractivity contribution in [2.24, 2.45) is 172 Å². The lowest BCUT2D eigenvalue weighted by atomic mass is 9.65. The highest BCUT2D eigenvalue weighted by molar-refractivity contribution is 5.82. The number of esters is 6. The van der Waals surface area contributed by atoms with E-state index in [9.17, 15) is 44.1 Å². The summed E-state index contributed by atoms with van der Waals surface area (Å²) in [5.74, 6) is 24.7. The molecule has 6 N–H and O–H groups in total. The summed E-state index contributed by atoms with van der Waals surface area (Å²) >= 11 is 0. The second-order valence-corrected chi connectivity index (χ2v) is 33.8. The van der Waals surface area contributed by atoms with Crippen LogP contribution in [0.3, 0.4) is 0 Å². The summed E-state index contributed by atoms with van der Waals surface area (Å²) in [6.07, 6.45) is 43.5. The van der Waals surface area contributed by atoms with E-state index in [2.05, 4.69) is 65.3 Å². The molecule has 0 saturated heterocycles. The Morgan fingerprint density at radius 1 is 0.308 bits per heavy atom. The largest absolute Gasteiger partial charge is 0.466 e. The van der Waals surface area contributed by atoms with E-state index < -0.39 is 23.9 Å². The Labute approximate surface area is 623 Å². The van der Waals surface area contributed by atoms with Crippen molar-refractivity contribution in [1.82, 2.24) is 0 Å². The lowest BCUT2D eigenvalue weighted by Gasteiger charge is -2.40. The van der Waals surface area contributed by atoms with Gasteiger partial charge in [0, 0.05) is 63.9 Å². The van der Waals surface area contributed by atoms with Crippen LogP contribution in [0.4, 0.5) is 0 Å². The molecule has 0 aromatic carbocycles. The minimum Gasteiger partial charge on any atom is -0.466 e. The van der Waals surface area contributed by atoms with E-state index in [4.69, 9.17) is 24.8 Å². The summed E-state index contributed by atoms with van der Waals surface area (Å²) in [6.45, 7) is 24.1. The monoisotopic (exact) mass is 1460 g/mol. The van der Waals surface area contributed by atoms with Crippen LogP contribution in [-0.4, -0.2) is 148 Å². The highest BCUT2D eigenvalue weighted by atomic mass is 16.5. The molecule has 0 aliphatic heterocycles. The quantitative estimate of drug-likeness (QED) is 0.0458. The van der Waals surface area contributed by atoms with E-state index >= 15 is 0 Å². The Kier molecular flexibility index (Phi) is 34.9. The number of ether oxygens (including phenoxy) is 6. The normalized spacial score (nSPS) is 41.2. The van der Waals surface area contributed by atoms with Gasteiger partial charge in [-0.3, -0.25) is 0 Å². The van der Waals surface area contributed by atoms with Crippen LogP contribution in [0.25, 0.3) is 0 Å². The predicted octanol–water partition coefficient (Wildman–Crippen LogP) is 13.0. The summed E-state index contributed by atoms with van der Waals surface area (Å²) in [4.78, 5) is 61.4. The number of fused-ring (bicyclic) bond motifs is 33. The van der Waals surface area contributed by atoms with Crippen LogP contribution in [-0.2, 0) is 57.2 Å². The molecule has 18 aliphatic rings. The summed E-state index contributed by atoms with van der Waals surface area (Å²) in [5, 5.41) is 51.4. The number of carbonyl (C=O) groups is 6. The molecule has 18 rings (SSSR count). The fourth-order valence-corrected chi connectivity index (χ4v) is 25.9. The topological polar surface area (TPSA) is 279 Å². The first kappa shape index (κ1) is 86.3. The fourth-order valence-electron chi connectivity index (χ4n) is 25.9. The molecule has 18 fully saturated rings. The SMILES string of the molecule is C=CC(=O)OC.C=CC(=O)OC.C=CC(=O)OC.C=CC(=O)OC.C=CC(=O)OCC1CC2CC1C1C3CC(CC3C)C21.C=CC(=O)OCC1CC2CCC1C2.CO.CO.OC1CC2CC1C1C3CCC(C3)C21.OC1CC2CCC1C2.OCC1CC2CC1C1C3CCC(C3)C21.OCC1CC2CCC1C2. The number of methoxy groups -OCH3 is 4. The van der Waals surface area contributed by atoms with Gasteiger partial charge in [0.2, 0.25) is 0 Å². The molecule has 18 aliphatic carbocycles. The highest BCUT2D eigenvalue weighted by Crippen LogP contribution is 2.71. The maximum Gasteiger partial charge on any atom is 0.330 e. The summed E-state index contributed by atoms with van der Waals surface area (Å²) in [6, 6.07) is 0. The Morgan fingerprint density at radius 2 is 0.644 bits per heavy atom. The van der Waals surface area contributed by atoms with Crippen molar-refractivity contribution in [3.8, 4) is 0 Å². The first-order valence-corrected chi connectivity index (χ1v) is 40.1. The lowest BCUT2D eigenvalue weighted by molar-refractivity contribution is -0.140. The van der Waals surface area contributed by atoms with Crippen LogP contribution in [0.15, 0.2) is 75.9 Å². The van der Waals surface area contributed by atoms with E-state index in [1.807, 2.05) is 0 Å². The molecule has 0 aromatic rings. The molecule has 104 heavy (non-hydrogen) atoms. The van der Waals surface area contributed by atoms with Gasteiger partial charge in [-0.15, -0.1) is 0 Å². The van der Waals surface area contributed by atoms with Crippen molar-refractivity contribution in [3.63, 3.8) is 0 Å². The third-order valence-corrected chi connectivity index (χ3v) is 29.5. The van der Waals surface area contributed by atoms with E-state index in [-0.39, 0.29) is 24.1 Å². The van der Waals surface area contributed by atoms with Crippen molar-refractivity contribution in [2.75, 3.05) is 69.1 Å². The van der Waals surface area contributed by atoms with Gasteiger partial charge in [-0.1, -0.05) is 59.2 Å². The molecule has 31 atom stereocenters. The van der Waals surface area contributed by atoms with E-state index in [1.165, 1.54) is 182 Å². The second kappa shape index (κ2) is 42.1. The molecule has 18 nitrogen and oxygen atoms in total. The summed E-state index contributed by atoms with van der Waals surface area (Å²) in [7, 11) is 7.24. The first-order valence-electron chi connectivity index (χ1n) is 40.1. The molecule has 0 aromatic heterocycles. The second-order valence-electron chi connectivity index (χ2n) is 33.8.